The first kappa shape index (κ1) is 11.9. The van der Waals surface area contributed by atoms with Crippen LogP contribution in [0.3, 0.4) is 0 Å². The van der Waals surface area contributed by atoms with Crippen molar-refractivity contribution in [3.63, 3.8) is 0 Å². The van der Waals surface area contributed by atoms with Gasteiger partial charge in [-0.2, -0.15) is 5.10 Å². The van der Waals surface area contributed by atoms with E-state index in [1.807, 2.05) is 22.9 Å². The maximum Gasteiger partial charge on any atom is 0.127 e. The minimum atomic E-state index is -0.232. The summed E-state index contributed by atoms with van der Waals surface area (Å²) in [7, 11) is 0. The second-order valence-electron chi connectivity index (χ2n) is 4.11. The first-order valence-electron chi connectivity index (χ1n) is 6.12. The van der Waals surface area contributed by atoms with Crippen molar-refractivity contribution in [1.82, 2.24) is 9.78 Å². The van der Waals surface area contributed by atoms with Crippen LogP contribution in [0.15, 0.2) is 28.8 Å². The smallest absolute Gasteiger partial charge is 0.127 e. The number of aryl methyl sites for hydroxylation is 2. The Hall–Kier alpha value is -1.55. The standard InChI is InChI=1S/C13H19N3O/c1-3-9-16-11(7-8-15-16)13(14)12-6-5-10(4-2)17-12/h5-8,13H,3-4,9,14H2,1-2H3. The molecule has 0 radical (unpaired) electrons. The van der Waals surface area contributed by atoms with Gasteiger partial charge in [0, 0.05) is 19.2 Å². The topological polar surface area (TPSA) is 57.0 Å². The van der Waals surface area contributed by atoms with Gasteiger partial charge < -0.3 is 10.2 Å². The van der Waals surface area contributed by atoms with Gasteiger partial charge in [-0.3, -0.25) is 4.68 Å². The molecule has 0 spiro atoms. The monoisotopic (exact) mass is 233 g/mol. The van der Waals surface area contributed by atoms with Gasteiger partial charge in [-0.1, -0.05) is 13.8 Å². The summed E-state index contributed by atoms with van der Waals surface area (Å²) in [5.41, 5.74) is 7.21. The average Bonchev–Trinajstić information content (AvgIpc) is 2.97. The fraction of sp³-hybridized carbons (Fsp3) is 0.462. The highest BCUT2D eigenvalue weighted by Crippen LogP contribution is 2.21. The third kappa shape index (κ3) is 2.42. The van der Waals surface area contributed by atoms with Crippen LogP contribution in [0.2, 0.25) is 0 Å². The normalized spacial score (nSPS) is 12.9. The number of nitrogens with zero attached hydrogens (tertiary/aromatic N) is 2. The first-order chi connectivity index (χ1) is 8.26. The lowest BCUT2D eigenvalue weighted by Gasteiger charge is -2.11. The molecule has 0 amide bonds. The Balaban J connectivity index is 2.23. The van der Waals surface area contributed by atoms with Crippen molar-refractivity contribution in [3.05, 3.63) is 41.6 Å². The quantitative estimate of drug-likeness (QED) is 0.863. The van der Waals surface area contributed by atoms with Crippen LogP contribution in [-0.2, 0) is 13.0 Å². The van der Waals surface area contributed by atoms with Crippen molar-refractivity contribution in [2.24, 2.45) is 5.73 Å². The highest BCUT2D eigenvalue weighted by atomic mass is 16.3. The Morgan fingerprint density at radius 2 is 2.18 bits per heavy atom. The van der Waals surface area contributed by atoms with Gasteiger partial charge in [-0.25, -0.2) is 0 Å². The molecule has 0 aromatic carbocycles. The Kier molecular flexibility index (Phi) is 3.64. The molecular weight excluding hydrogens is 214 g/mol. The molecule has 4 heteroatoms. The van der Waals surface area contributed by atoms with Gasteiger partial charge in [0.15, 0.2) is 0 Å². The van der Waals surface area contributed by atoms with Gasteiger partial charge in [0.05, 0.1) is 5.69 Å². The van der Waals surface area contributed by atoms with Gasteiger partial charge in [0.1, 0.15) is 17.6 Å². The van der Waals surface area contributed by atoms with Crippen molar-refractivity contribution in [3.8, 4) is 0 Å². The zero-order chi connectivity index (χ0) is 12.3. The summed E-state index contributed by atoms with van der Waals surface area (Å²) < 4.78 is 7.63. The molecule has 0 fully saturated rings. The highest BCUT2D eigenvalue weighted by Gasteiger charge is 2.16. The van der Waals surface area contributed by atoms with Crippen LogP contribution >= 0.6 is 0 Å². The molecule has 92 valence electrons. The van der Waals surface area contributed by atoms with Crippen molar-refractivity contribution in [1.29, 1.82) is 0 Å². The molecule has 2 aromatic heterocycles. The van der Waals surface area contributed by atoms with Gasteiger partial charge in [-0.15, -0.1) is 0 Å². The van der Waals surface area contributed by atoms with Crippen LogP contribution in [0.1, 0.15) is 43.5 Å². The molecule has 0 aliphatic rings. The number of rotatable bonds is 5. The Bertz CT molecular complexity index is 472. The number of hydrogen-bond acceptors (Lipinski definition) is 3. The van der Waals surface area contributed by atoms with E-state index in [1.54, 1.807) is 6.20 Å². The van der Waals surface area contributed by atoms with Crippen molar-refractivity contribution >= 4 is 0 Å². The fourth-order valence-electron chi connectivity index (χ4n) is 1.90. The number of furan rings is 1. The molecule has 0 aliphatic heterocycles. The first-order valence-corrected chi connectivity index (χ1v) is 6.12. The molecule has 17 heavy (non-hydrogen) atoms. The van der Waals surface area contributed by atoms with Crippen LogP contribution in [0.4, 0.5) is 0 Å². The molecule has 2 aromatic rings. The van der Waals surface area contributed by atoms with E-state index in [0.29, 0.717) is 0 Å². The third-order valence-electron chi connectivity index (χ3n) is 2.84. The molecular formula is C13H19N3O. The SMILES string of the molecule is CCCn1nccc1C(N)c1ccc(CC)o1. The summed E-state index contributed by atoms with van der Waals surface area (Å²) >= 11 is 0. The van der Waals surface area contributed by atoms with E-state index in [1.165, 1.54) is 0 Å². The van der Waals surface area contributed by atoms with Crippen molar-refractivity contribution in [2.45, 2.75) is 39.3 Å². The summed E-state index contributed by atoms with van der Waals surface area (Å²) in [6.45, 7) is 5.08. The van der Waals surface area contributed by atoms with E-state index in [9.17, 15) is 0 Å². The zero-order valence-electron chi connectivity index (χ0n) is 10.4. The summed E-state index contributed by atoms with van der Waals surface area (Å²) in [4.78, 5) is 0. The van der Waals surface area contributed by atoms with E-state index in [0.717, 1.165) is 36.6 Å². The lowest BCUT2D eigenvalue weighted by Crippen LogP contribution is -2.17. The molecule has 1 atom stereocenters. The second-order valence-corrected chi connectivity index (χ2v) is 4.11. The Morgan fingerprint density at radius 3 is 2.82 bits per heavy atom. The molecule has 2 heterocycles. The molecule has 2 N–H and O–H groups in total. The van der Waals surface area contributed by atoms with Gasteiger partial charge >= 0.3 is 0 Å². The molecule has 2 rings (SSSR count). The van der Waals surface area contributed by atoms with Gasteiger partial charge in [0.25, 0.3) is 0 Å². The third-order valence-corrected chi connectivity index (χ3v) is 2.84. The van der Waals surface area contributed by atoms with E-state index in [-0.39, 0.29) is 6.04 Å². The van der Waals surface area contributed by atoms with E-state index >= 15 is 0 Å². The predicted octanol–water partition coefficient (Wildman–Crippen LogP) is 2.50. The number of aromatic nitrogens is 2. The van der Waals surface area contributed by atoms with Crippen molar-refractivity contribution < 1.29 is 4.42 Å². The van der Waals surface area contributed by atoms with E-state index in [2.05, 4.69) is 18.9 Å². The largest absolute Gasteiger partial charge is 0.464 e. The van der Waals surface area contributed by atoms with Gasteiger partial charge in [-0.05, 0) is 24.6 Å². The summed E-state index contributed by atoms with van der Waals surface area (Å²) in [6, 6.07) is 5.65. The molecule has 4 nitrogen and oxygen atoms in total. The minimum absolute atomic E-state index is 0.232. The molecule has 0 aliphatic carbocycles. The van der Waals surface area contributed by atoms with Crippen LogP contribution in [0.5, 0.6) is 0 Å². The number of hydrogen-bond donors (Lipinski definition) is 1. The van der Waals surface area contributed by atoms with Crippen LogP contribution in [0, 0.1) is 0 Å². The lowest BCUT2D eigenvalue weighted by atomic mass is 10.1. The Morgan fingerprint density at radius 1 is 1.35 bits per heavy atom. The summed E-state index contributed by atoms with van der Waals surface area (Å²) in [5, 5.41) is 4.27. The fourth-order valence-corrected chi connectivity index (χ4v) is 1.90. The van der Waals surface area contributed by atoms with Crippen LogP contribution < -0.4 is 5.73 Å². The number of nitrogens with two attached hydrogens (primary N) is 1. The zero-order valence-corrected chi connectivity index (χ0v) is 10.4. The summed E-state index contributed by atoms with van der Waals surface area (Å²) in [6.07, 6.45) is 3.72. The van der Waals surface area contributed by atoms with E-state index < -0.39 is 0 Å². The maximum absolute atomic E-state index is 6.21. The molecule has 1 unspecified atom stereocenters. The minimum Gasteiger partial charge on any atom is -0.464 e. The Labute approximate surface area is 101 Å². The lowest BCUT2D eigenvalue weighted by molar-refractivity contribution is 0.440. The molecule has 0 bridgehead atoms. The molecule has 0 saturated heterocycles. The van der Waals surface area contributed by atoms with Crippen LogP contribution in [0.25, 0.3) is 0 Å². The van der Waals surface area contributed by atoms with Crippen LogP contribution in [-0.4, -0.2) is 9.78 Å². The van der Waals surface area contributed by atoms with E-state index in [4.69, 9.17) is 10.2 Å². The predicted molar refractivity (Wildman–Crippen MR) is 66.6 cm³/mol. The average molecular weight is 233 g/mol. The van der Waals surface area contributed by atoms with Gasteiger partial charge in [0.2, 0.25) is 0 Å². The highest BCUT2D eigenvalue weighted by molar-refractivity contribution is 5.20. The molecule has 0 saturated carbocycles. The summed E-state index contributed by atoms with van der Waals surface area (Å²) in [5.74, 6) is 1.77. The maximum atomic E-state index is 6.21. The second kappa shape index (κ2) is 5.19. The van der Waals surface area contributed by atoms with Crippen molar-refractivity contribution in [2.75, 3.05) is 0 Å².